The number of hydrogen-bond acceptors (Lipinski definition) is 4. The van der Waals surface area contributed by atoms with Gasteiger partial charge in [0.25, 0.3) is 0 Å². The van der Waals surface area contributed by atoms with Crippen molar-refractivity contribution in [1.82, 2.24) is 19.4 Å². The maximum Gasteiger partial charge on any atom is 0.248 e. The Bertz CT molecular complexity index is 1060. The fraction of sp³-hybridized carbons (Fsp3) is 0.0556. The van der Waals surface area contributed by atoms with Gasteiger partial charge in [-0.2, -0.15) is 0 Å². The second-order valence-corrected chi connectivity index (χ2v) is 5.55. The van der Waals surface area contributed by atoms with Gasteiger partial charge in [-0.05, 0) is 25.1 Å². The first-order valence-corrected chi connectivity index (χ1v) is 7.55. The molecule has 1 aromatic carbocycles. The van der Waals surface area contributed by atoms with E-state index in [0.29, 0.717) is 11.5 Å². The normalized spacial score (nSPS) is 10.9. The molecule has 0 spiro atoms. The molecule has 0 unspecified atom stereocenters. The summed E-state index contributed by atoms with van der Waals surface area (Å²) < 4.78 is 1.91. The van der Waals surface area contributed by atoms with Crippen LogP contribution in [0, 0.1) is 6.92 Å². The third-order valence-electron chi connectivity index (χ3n) is 3.81. The first-order chi connectivity index (χ1) is 11.7. The monoisotopic (exact) mass is 317 g/mol. The quantitative estimate of drug-likeness (QED) is 0.609. The van der Waals surface area contributed by atoms with E-state index in [1.807, 2.05) is 47.9 Å². The average molecular weight is 317 g/mol. The maximum atomic E-state index is 11.6. The zero-order chi connectivity index (χ0) is 16.5. The number of aromatic amines is 1. The van der Waals surface area contributed by atoms with Crippen LogP contribution in [0.1, 0.15) is 5.56 Å². The first kappa shape index (κ1) is 14.2. The highest BCUT2D eigenvalue weighted by Gasteiger charge is 2.10. The van der Waals surface area contributed by atoms with Crippen LogP contribution in [0.25, 0.3) is 16.9 Å². The number of nitrogens with zero attached hydrogens (tertiary/aromatic N) is 3. The van der Waals surface area contributed by atoms with Crippen molar-refractivity contribution in [3.05, 3.63) is 77.1 Å². The minimum Gasteiger partial charge on any atom is -0.337 e. The van der Waals surface area contributed by atoms with Gasteiger partial charge in [-0.25, -0.2) is 9.97 Å². The number of anilines is 2. The molecule has 0 radical (unpaired) electrons. The number of imidazole rings is 1. The molecule has 0 aliphatic rings. The highest BCUT2D eigenvalue weighted by molar-refractivity contribution is 5.74. The summed E-state index contributed by atoms with van der Waals surface area (Å²) in [5.74, 6) is 0.664. The van der Waals surface area contributed by atoms with Crippen molar-refractivity contribution in [2.75, 3.05) is 5.32 Å². The molecule has 4 rings (SSSR count). The maximum absolute atomic E-state index is 11.6. The molecule has 0 saturated carbocycles. The largest absolute Gasteiger partial charge is 0.337 e. The number of H-pyrrole nitrogens is 1. The van der Waals surface area contributed by atoms with E-state index < -0.39 is 0 Å². The van der Waals surface area contributed by atoms with Crippen LogP contribution in [0.5, 0.6) is 0 Å². The van der Waals surface area contributed by atoms with E-state index >= 15 is 0 Å². The summed E-state index contributed by atoms with van der Waals surface area (Å²) in [7, 11) is 0. The standard InChI is InChI=1S/C18H15N5O/c1-12-2-4-14(5-3-12)22-17-18-20-8-9-23(18)15(11-21-17)13-6-7-19-16(24)10-13/h2-11H,1H3,(H,19,24)(H,21,22). The summed E-state index contributed by atoms with van der Waals surface area (Å²) in [6.45, 7) is 2.05. The minimum atomic E-state index is -0.150. The molecule has 6 heteroatoms. The van der Waals surface area contributed by atoms with Crippen molar-refractivity contribution in [2.45, 2.75) is 6.92 Å². The lowest BCUT2D eigenvalue weighted by molar-refractivity contribution is 1.13. The Labute approximate surface area is 137 Å². The van der Waals surface area contributed by atoms with Gasteiger partial charge >= 0.3 is 0 Å². The molecule has 118 valence electrons. The molecule has 0 aliphatic heterocycles. The van der Waals surface area contributed by atoms with Gasteiger partial charge in [-0.1, -0.05) is 17.7 Å². The summed E-state index contributed by atoms with van der Waals surface area (Å²) in [5.41, 5.74) is 4.29. The predicted molar refractivity (Wildman–Crippen MR) is 93.5 cm³/mol. The summed E-state index contributed by atoms with van der Waals surface area (Å²) in [4.78, 5) is 23.1. The van der Waals surface area contributed by atoms with Crippen molar-refractivity contribution in [2.24, 2.45) is 0 Å². The molecule has 0 amide bonds. The Kier molecular flexibility index (Phi) is 3.35. The highest BCUT2D eigenvalue weighted by atomic mass is 16.1. The van der Waals surface area contributed by atoms with Gasteiger partial charge in [0, 0.05) is 35.9 Å². The van der Waals surface area contributed by atoms with Crippen LogP contribution in [-0.4, -0.2) is 19.4 Å². The topological polar surface area (TPSA) is 75.1 Å². The summed E-state index contributed by atoms with van der Waals surface area (Å²) >= 11 is 0. The van der Waals surface area contributed by atoms with E-state index in [2.05, 4.69) is 20.3 Å². The molecule has 3 aromatic heterocycles. The van der Waals surface area contributed by atoms with Crippen molar-refractivity contribution >= 4 is 17.2 Å². The lowest BCUT2D eigenvalue weighted by Gasteiger charge is -2.10. The van der Waals surface area contributed by atoms with Crippen LogP contribution in [0.15, 0.2) is 66.0 Å². The van der Waals surface area contributed by atoms with Crippen molar-refractivity contribution in [3.8, 4) is 11.3 Å². The van der Waals surface area contributed by atoms with Gasteiger partial charge in [0.1, 0.15) is 0 Å². The second-order valence-electron chi connectivity index (χ2n) is 5.55. The lowest BCUT2D eigenvalue weighted by Crippen LogP contribution is -2.05. The summed E-state index contributed by atoms with van der Waals surface area (Å²) in [6.07, 6.45) is 6.93. The van der Waals surface area contributed by atoms with Crippen LogP contribution < -0.4 is 10.9 Å². The second kappa shape index (κ2) is 5.66. The van der Waals surface area contributed by atoms with Gasteiger partial charge in [-0.15, -0.1) is 0 Å². The van der Waals surface area contributed by atoms with E-state index in [9.17, 15) is 4.79 Å². The molecule has 0 bridgehead atoms. The molecule has 4 aromatic rings. The number of aryl methyl sites for hydroxylation is 1. The Morgan fingerprint density at radius 1 is 1.12 bits per heavy atom. The van der Waals surface area contributed by atoms with E-state index in [0.717, 1.165) is 16.9 Å². The number of hydrogen-bond donors (Lipinski definition) is 2. The third kappa shape index (κ3) is 2.54. The minimum absolute atomic E-state index is 0.150. The van der Waals surface area contributed by atoms with Crippen LogP contribution in [0.4, 0.5) is 11.5 Å². The zero-order valence-electron chi connectivity index (χ0n) is 13.0. The number of rotatable bonds is 3. The molecule has 0 atom stereocenters. The van der Waals surface area contributed by atoms with Gasteiger partial charge < -0.3 is 10.3 Å². The first-order valence-electron chi connectivity index (χ1n) is 7.55. The van der Waals surface area contributed by atoms with Crippen molar-refractivity contribution in [3.63, 3.8) is 0 Å². The third-order valence-corrected chi connectivity index (χ3v) is 3.81. The van der Waals surface area contributed by atoms with Gasteiger partial charge in [0.05, 0.1) is 11.9 Å². The van der Waals surface area contributed by atoms with E-state index in [-0.39, 0.29) is 5.56 Å². The molecular weight excluding hydrogens is 302 g/mol. The molecule has 6 nitrogen and oxygen atoms in total. The zero-order valence-corrected chi connectivity index (χ0v) is 13.0. The summed E-state index contributed by atoms with van der Waals surface area (Å²) in [5, 5.41) is 3.29. The van der Waals surface area contributed by atoms with Gasteiger partial charge in [-0.3, -0.25) is 9.20 Å². The Hall–Kier alpha value is -3.41. The molecule has 24 heavy (non-hydrogen) atoms. The summed E-state index contributed by atoms with van der Waals surface area (Å²) in [6, 6.07) is 11.5. The smallest absolute Gasteiger partial charge is 0.248 e. The SMILES string of the molecule is Cc1ccc(Nc2ncc(-c3cc[nH]c(=O)c3)n3ccnc23)cc1. The predicted octanol–water partition coefficient (Wildman–Crippen LogP) is 3.14. The Balaban J connectivity index is 1.80. The fourth-order valence-corrected chi connectivity index (χ4v) is 2.60. The molecular formula is C18H15N5O. The number of nitrogens with one attached hydrogen (secondary N) is 2. The van der Waals surface area contributed by atoms with Gasteiger partial charge in [0.2, 0.25) is 5.56 Å². The van der Waals surface area contributed by atoms with E-state index in [1.165, 1.54) is 5.56 Å². The van der Waals surface area contributed by atoms with Crippen LogP contribution in [-0.2, 0) is 0 Å². The molecule has 0 aliphatic carbocycles. The van der Waals surface area contributed by atoms with E-state index in [1.54, 1.807) is 24.7 Å². The van der Waals surface area contributed by atoms with Crippen LogP contribution in [0.2, 0.25) is 0 Å². The number of benzene rings is 1. The van der Waals surface area contributed by atoms with Crippen molar-refractivity contribution in [1.29, 1.82) is 0 Å². The van der Waals surface area contributed by atoms with Gasteiger partial charge in [0.15, 0.2) is 11.5 Å². The number of fused-ring (bicyclic) bond motifs is 1. The molecule has 3 heterocycles. The van der Waals surface area contributed by atoms with Crippen LogP contribution in [0.3, 0.4) is 0 Å². The molecule has 2 N–H and O–H groups in total. The fourth-order valence-electron chi connectivity index (χ4n) is 2.60. The van der Waals surface area contributed by atoms with Crippen molar-refractivity contribution < 1.29 is 0 Å². The van der Waals surface area contributed by atoms with E-state index in [4.69, 9.17) is 0 Å². The molecule has 0 fully saturated rings. The molecule has 0 saturated heterocycles. The number of pyridine rings is 1. The Morgan fingerprint density at radius 3 is 2.75 bits per heavy atom. The Morgan fingerprint density at radius 2 is 1.96 bits per heavy atom. The lowest BCUT2D eigenvalue weighted by atomic mass is 10.2. The highest BCUT2D eigenvalue weighted by Crippen LogP contribution is 2.24. The average Bonchev–Trinajstić information content (AvgIpc) is 3.07. The number of aromatic nitrogens is 4. The van der Waals surface area contributed by atoms with Crippen LogP contribution >= 0.6 is 0 Å².